The summed E-state index contributed by atoms with van der Waals surface area (Å²) in [6.45, 7) is 6.57. The van der Waals surface area contributed by atoms with Crippen molar-refractivity contribution in [2.75, 3.05) is 11.9 Å². The number of hydrogen-bond acceptors (Lipinski definition) is 5. The summed E-state index contributed by atoms with van der Waals surface area (Å²) in [5.74, 6) is 0.723. The first-order chi connectivity index (χ1) is 9.99. The van der Waals surface area contributed by atoms with E-state index in [0.29, 0.717) is 18.8 Å². The van der Waals surface area contributed by atoms with Crippen molar-refractivity contribution < 1.29 is 4.79 Å². The number of halogens is 1. The quantitative estimate of drug-likeness (QED) is 0.799. The van der Waals surface area contributed by atoms with Crippen LogP contribution in [0.15, 0.2) is 6.07 Å². The molecule has 5 nitrogen and oxygen atoms in total. The van der Waals surface area contributed by atoms with Crippen LogP contribution in [0.25, 0.3) is 10.2 Å². The van der Waals surface area contributed by atoms with Crippen LogP contribution in [-0.4, -0.2) is 28.5 Å². The number of amides is 1. The molecule has 2 aromatic heterocycles. The summed E-state index contributed by atoms with van der Waals surface area (Å²) in [6.07, 6.45) is 1.33. The zero-order valence-electron chi connectivity index (χ0n) is 12.4. The van der Waals surface area contributed by atoms with E-state index in [9.17, 15) is 4.79 Å². The third-order valence-electron chi connectivity index (χ3n) is 3.15. The number of thiophene rings is 1. The molecule has 0 aromatic carbocycles. The average Bonchev–Trinajstić information content (AvgIpc) is 2.78. The molecule has 1 amide bonds. The Bertz CT molecular complexity index is 643. The van der Waals surface area contributed by atoms with Crippen molar-refractivity contribution in [1.29, 1.82) is 0 Å². The minimum absolute atomic E-state index is 0.0368. The van der Waals surface area contributed by atoms with E-state index < -0.39 is 0 Å². The zero-order chi connectivity index (χ0) is 15.4. The number of rotatable bonds is 6. The maximum absolute atomic E-state index is 11.7. The minimum Gasteiger partial charge on any atom is -0.369 e. The number of anilines is 1. The van der Waals surface area contributed by atoms with Crippen LogP contribution in [0.3, 0.4) is 0 Å². The fraction of sp³-hybridized carbons (Fsp3) is 0.500. The van der Waals surface area contributed by atoms with E-state index in [-0.39, 0.29) is 17.2 Å². The summed E-state index contributed by atoms with van der Waals surface area (Å²) >= 11 is 7.50. The van der Waals surface area contributed by atoms with Crippen molar-refractivity contribution in [2.45, 2.75) is 39.7 Å². The highest BCUT2D eigenvalue weighted by atomic mass is 35.5. The first-order valence-electron chi connectivity index (χ1n) is 6.96. The van der Waals surface area contributed by atoms with Crippen LogP contribution >= 0.6 is 22.9 Å². The van der Waals surface area contributed by atoms with Crippen molar-refractivity contribution in [1.82, 2.24) is 15.3 Å². The van der Waals surface area contributed by atoms with Crippen molar-refractivity contribution in [3.8, 4) is 0 Å². The highest BCUT2D eigenvalue weighted by Crippen LogP contribution is 2.29. The van der Waals surface area contributed by atoms with E-state index in [2.05, 4.69) is 20.6 Å². The number of nitrogens with one attached hydrogen (secondary N) is 2. The molecule has 0 aliphatic heterocycles. The molecule has 114 valence electrons. The second kappa shape index (κ2) is 7.04. The number of aryl methyl sites for hydroxylation is 1. The Morgan fingerprint density at radius 3 is 2.95 bits per heavy atom. The largest absolute Gasteiger partial charge is 0.369 e. The molecule has 1 unspecified atom stereocenters. The Morgan fingerprint density at radius 1 is 1.48 bits per heavy atom. The van der Waals surface area contributed by atoms with Crippen LogP contribution in [-0.2, 0) is 4.79 Å². The van der Waals surface area contributed by atoms with Crippen LogP contribution in [0.2, 0.25) is 5.28 Å². The number of aromatic nitrogens is 2. The fourth-order valence-electron chi connectivity index (χ4n) is 1.89. The van der Waals surface area contributed by atoms with Crippen LogP contribution < -0.4 is 10.6 Å². The van der Waals surface area contributed by atoms with Gasteiger partial charge in [0.15, 0.2) is 0 Å². The van der Waals surface area contributed by atoms with Gasteiger partial charge in [-0.2, -0.15) is 0 Å². The standard InChI is InChI=1S/C14H19ClN4OS/c1-4-8(2)17-11(20)5-6-16-12-10-7-9(3)21-13(10)19-14(15)18-12/h7-8H,4-6H2,1-3H3,(H,17,20)(H,16,18,19). The average molecular weight is 327 g/mol. The van der Waals surface area contributed by atoms with E-state index in [1.807, 2.05) is 26.8 Å². The molecular formula is C14H19ClN4OS. The lowest BCUT2D eigenvalue weighted by Gasteiger charge is -2.12. The van der Waals surface area contributed by atoms with Gasteiger partial charge in [-0.15, -0.1) is 11.3 Å². The summed E-state index contributed by atoms with van der Waals surface area (Å²) in [4.78, 5) is 22.2. The Labute approximate surface area is 133 Å². The van der Waals surface area contributed by atoms with Crippen molar-refractivity contribution in [3.63, 3.8) is 0 Å². The lowest BCUT2D eigenvalue weighted by Crippen LogP contribution is -2.33. The lowest BCUT2D eigenvalue weighted by molar-refractivity contribution is -0.121. The molecule has 2 aromatic rings. The molecule has 0 bridgehead atoms. The third-order valence-corrected chi connectivity index (χ3v) is 4.27. The summed E-state index contributed by atoms with van der Waals surface area (Å²) in [6, 6.07) is 2.23. The molecule has 0 aliphatic rings. The Balaban J connectivity index is 1.99. The molecule has 2 rings (SSSR count). The van der Waals surface area contributed by atoms with E-state index in [1.165, 1.54) is 0 Å². The smallest absolute Gasteiger partial charge is 0.225 e. The molecule has 0 aliphatic carbocycles. The lowest BCUT2D eigenvalue weighted by atomic mass is 10.2. The zero-order valence-corrected chi connectivity index (χ0v) is 13.9. The van der Waals surface area contributed by atoms with Gasteiger partial charge in [-0.1, -0.05) is 6.92 Å². The summed E-state index contributed by atoms with van der Waals surface area (Å²) in [5, 5.41) is 7.27. The maximum atomic E-state index is 11.7. The second-order valence-corrected chi connectivity index (χ2v) is 6.54. The summed E-state index contributed by atoms with van der Waals surface area (Å²) < 4.78 is 0. The van der Waals surface area contributed by atoms with Gasteiger partial charge in [0.05, 0.1) is 5.39 Å². The molecule has 0 spiro atoms. The van der Waals surface area contributed by atoms with E-state index in [1.54, 1.807) is 11.3 Å². The maximum Gasteiger partial charge on any atom is 0.225 e. The molecule has 2 heterocycles. The van der Waals surface area contributed by atoms with Crippen LogP contribution in [0.5, 0.6) is 0 Å². The van der Waals surface area contributed by atoms with Crippen molar-refractivity contribution in [3.05, 3.63) is 16.2 Å². The summed E-state index contributed by atoms with van der Waals surface area (Å²) in [7, 11) is 0. The van der Waals surface area contributed by atoms with Crippen LogP contribution in [0.4, 0.5) is 5.82 Å². The number of nitrogens with zero attached hydrogens (tertiary/aromatic N) is 2. The highest BCUT2D eigenvalue weighted by Gasteiger charge is 2.10. The van der Waals surface area contributed by atoms with Gasteiger partial charge in [-0.25, -0.2) is 9.97 Å². The summed E-state index contributed by atoms with van der Waals surface area (Å²) in [5.41, 5.74) is 0. The number of hydrogen-bond donors (Lipinski definition) is 2. The van der Waals surface area contributed by atoms with Gasteiger partial charge in [0.2, 0.25) is 11.2 Å². The second-order valence-electron chi connectivity index (χ2n) is 4.97. The van der Waals surface area contributed by atoms with Gasteiger partial charge in [0.25, 0.3) is 0 Å². The van der Waals surface area contributed by atoms with Gasteiger partial charge < -0.3 is 10.6 Å². The first-order valence-corrected chi connectivity index (χ1v) is 8.16. The van der Waals surface area contributed by atoms with Gasteiger partial charge >= 0.3 is 0 Å². The molecule has 0 fully saturated rings. The van der Waals surface area contributed by atoms with Gasteiger partial charge in [0, 0.05) is 23.9 Å². The number of carbonyl (C=O) groups is 1. The number of carbonyl (C=O) groups excluding carboxylic acids is 1. The van der Waals surface area contributed by atoms with E-state index >= 15 is 0 Å². The topological polar surface area (TPSA) is 66.9 Å². The Kier molecular flexibility index (Phi) is 5.36. The normalized spacial score (nSPS) is 12.4. The van der Waals surface area contributed by atoms with Crippen LogP contribution in [0.1, 0.15) is 31.6 Å². The molecule has 0 radical (unpaired) electrons. The molecule has 2 N–H and O–H groups in total. The minimum atomic E-state index is 0.0368. The predicted molar refractivity (Wildman–Crippen MR) is 88.2 cm³/mol. The first kappa shape index (κ1) is 16.0. The Hall–Kier alpha value is -1.40. The molecular weight excluding hydrogens is 308 g/mol. The van der Waals surface area contributed by atoms with E-state index in [0.717, 1.165) is 21.5 Å². The Morgan fingerprint density at radius 2 is 2.24 bits per heavy atom. The monoisotopic (exact) mass is 326 g/mol. The SMILES string of the molecule is CCC(C)NC(=O)CCNc1nc(Cl)nc2sc(C)cc12. The van der Waals surface area contributed by atoms with Crippen molar-refractivity contribution in [2.24, 2.45) is 0 Å². The predicted octanol–water partition coefficient (Wildman–Crippen LogP) is 3.37. The van der Waals surface area contributed by atoms with Gasteiger partial charge in [-0.3, -0.25) is 4.79 Å². The van der Waals surface area contributed by atoms with Gasteiger partial charge in [0.1, 0.15) is 10.6 Å². The third kappa shape index (κ3) is 4.28. The molecule has 21 heavy (non-hydrogen) atoms. The number of fused-ring (bicyclic) bond motifs is 1. The highest BCUT2D eigenvalue weighted by molar-refractivity contribution is 7.18. The molecule has 0 saturated carbocycles. The van der Waals surface area contributed by atoms with Gasteiger partial charge in [-0.05, 0) is 37.9 Å². The van der Waals surface area contributed by atoms with Crippen molar-refractivity contribution >= 4 is 44.9 Å². The molecule has 0 saturated heterocycles. The van der Waals surface area contributed by atoms with E-state index in [4.69, 9.17) is 11.6 Å². The van der Waals surface area contributed by atoms with Crippen LogP contribution in [0, 0.1) is 6.92 Å². The fourth-order valence-corrected chi connectivity index (χ4v) is 2.99. The molecule has 7 heteroatoms. The molecule has 1 atom stereocenters.